The third-order valence-electron chi connectivity index (χ3n) is 5.40. The monoisotopic (exact) mass is 350 g/mol. The highest BCUT2D eigenvalue weighted by Gasteiger charge is 2.35. The van der Waals surface area contributed by atoms with Gasteiger partial charge < -0.3 is 5.73 Å². The normalized spacial score (nSPS) is 29.7. The van der Waals surface area contributed by atoms with Gasteiger partial charge in [-0.05, 0) is 55.8 Å². The number of fused-ring (bicyclic) bond motifs is 1. The molecule has 2 nitrogen and oxygen atoms in total. The van der Waals surface area contributed by atoms with E-state index in [9.17, 15) is 0 Å². The van der Waals surface area contributed by atoms with Crippen molar-refractivity contribution < 1.29 is 0 Å². The molecule has 3 rings (SSSR count). The SMILES string of the molecule is CC(N)C(c1cccc(Br)c1)N1CCC2CCCCC2C1. The van der Waals surface area contributed by atoms with Crippen LogP contribution in [0.4, 0.5) is 0 Å². The Morgan fingerprint density at radius 3 is 2.67 bits per heavy atom. The molecular formula is C18H27BrN2. The van der Waals surface area contributed by atoms with Crippen LogP contribution >= 0.6 is 15.9 Å². The van der Waals surface area contributed by atoms with E-state index in [2.05, 4.69) is 52.0 Å². The molecule has 21 heavy (non-hydrogen) atoms. The van der Waals surface area contributed by atoms with Crippen LogP contribution < -0.4 is 5.73 Å². The Morgan fingerprint density at radius 2 is 1.95 bits per heavy atom. The lowest BCUT2D eigenvalue weighted by Crippen LogP contribution is -2.47. The van der Waals surface area contributed by atoms with Crippen molar-refractivity contribution in [3.8, 4) is 0 Å². The lowest BCUT2D eigenvalue weighted by atomic mass is 9.74. The van der Waals surface area contributed by atoms with Gasteiger partial charge in [0, 0.05) is 23.1 Å². The Bertz CT molecular complexity index is 474. The van der Waals surface area contributed by atoms with E-state index in [-0.39, 0.29) is 6.04 Å². The number of hydrogen-bond acceptors (Lipinski definition) is 2. The molecule has 1 saturated heterocycles. The second kappa shape index (κ2) is 6.80. The van der Waals surface area contributed by atoms with Crippen LogP contribution in [-0.4, -0.2) is 24.0 Å². The first-order valence-corrected chi connectivity index (χ1v) is 9.19. The van der Waals surface area contributed by atoms with E-state index in [1.807, 2.05) is 0 Å². The lowest BCUT2D eigenvalue weighted by molar-refractivity contribution is 0.0494. The van der Waals surface area contributed by atoms with Gasteiger partial charge in [0.1, 0.15) is 0 Å². The third-order valence-corrected chi connectivity index (χ3v) is 5.90. The van der Waals surface area contributed by atoms with E-state index in [0.717, 1.165) is 16.3 Å². The predicted molar refractivity (Wildman–Crippen MR) is 92.2 cm³/mol. The van der Waals surface area contributed by atoms with Gasteiger partial charge in [0.05, 0.1) is 0 Å². The van der Waals surface area contributed by atoms with Crippen molar-refractivity contribution in [3.63, 3.8) is 0 Å². The molecule has 1 aromatic rings. The van der Waals surface area contributed by atoms with E-state index < -0.39 is 0 Å². The number of likely N-dealkylation sites (tertiary alicyclic amines) is 1. The van der Waals surface area contributed by atoms with Crippen molar-refractivity contribution in [1.29, 1.82) is 0 Å². The molecule has 3 heteroatoms. The molecule has 0 aromatic heterocycles. The second-order valence-electron chi connectivity index (χ2n) is 6.95. The number of halogens is 1. The van der Waals surface area contributed by atoms with Gasteiger partial charge in [-0.15, -0.1) is 0 Å². The average molecular weight is 351 g/mol. The van der Waals surface area contributed by atoms with Gasteiger partial charge in [-0.25, -0.2) is 0 Å². The molecule has 1 aliphatic carbocycles. The molecule has 1 aliphatic heterocycles. The summed E-state index contributed by atoms with van der Waals surface area (Å²) in [6.07, 6.45) is 7.11. The molecule has 2 fully saturated rings. The summed E-state index contributed by atoms with van der Waals surface area (Å²) in [6, 6.07) is 9.20. The molecule has 1 aromatic carbocycles. The van der Waals surface area contributed by atoms with Crippen LogP contribution in [0.15, 0.2) is 28.7 Å². The van der Waals surface area contributed by atoms with E-state index in [0.29, 0.717) is 6.04 Å². The summed E-state index contributed by atoms with van der Waals surface area (Å²) in [4.78, 5) is 2.65. The van der Waals surface area contributed by atoms with Crippen molar-refractivity contribution in [2.45, 2.75) is 51.1 Å². The molecule has 1 heterocycles. The van der Waals surface area contributed by atoms with Crippen molar-refractivity contribution in [3.05, 3.63) is 34.3 Å². The third kappa shape index (κ3) is 3.52. The Labute approximate surface area is 137 Å². The van der Waals surface area contributed by atoms with E-state index in [1.54, 1.807) is 0 Å². The topological polar surface area (TPSA) is 29.3 Å². The molecule has 4 unspecified atom stereocenters. The maximum absolute atomic E-state index is 6.36. The van der Waals surface area contributed by atoms with E-state index in [4.69, 9.17) is 5.73 Å². The highest BCUT2D eigenvalue weighted by atomic mass is 79.9. The lowest BCUT2D eigenvalue weighted by Gasteiger charge is -2.45. The second-order valence-corrected chi connectivity index (χ2v) is 7.86. The minimum absolute atomic E-state index is 0.166. The standard InChI is InChI=1S/C18H27BrN2/c1-13(20)18(15-7-4-8-17(19)11-15)21-10-9-14-5-2-3-6-16(14)12-21/h4,7-8,11,13-14,16,18H,2-3,5-6,9-10,12,20H2,1H3. The van der Waals surface area contributed by atoms with Crippen molar-refractivity contribution in [2.24, 2.45) is 17.6 Å². The summed E-state index contributed by atoms with van der Waals surface area (Å²) in [5.74, 6) is 1.88. The number of nitrogens with zero attached hydrogens (tertiary/aromatic N) is 1. The summed E-state index contributed by atoms with van der Waals surface area (Å²) in [7, 11) is 0. The van der Waals surface area contributed by atoms with Crippen LogP contribution in [-0.2, 0) is 0 Å². The molecule has 116 valence electrons. The summed E-state index contributed by atoms with van der Waals surface area (Å²) in [5, 5.41) is 0. The Morgan fingerprint density at radius 1 is 1.19 bits per heavy atom. The smallest absolute Gasteiger partial charge is 0.0496 e. The first-order valence-electron chi connectivity index (χ1n) is 8.40. The molecule has 0 bridgehead atoms. The maximum Gasteiger partial charge on any atom is 0.0496 e. The summed E-state index contributed by atoms with van der Waals surface area (Å²) < 4.78 is 1.15. The number of benzene rings is 1. The molecule has 0 amide bonds. The Hall–Kier alpha value is -0.380. The van der Waals surface area contributed by atoms with E-state index in [1.165, 1.54) is 50.8 Å². The van der Waals surface area contributed by atoms with Gasteiger partial charge in [0.2, 0.25) is 0 Å². The maximum atomic E-state index is 6.36. The zero-order valence-electron chi connectivity index (χ0n) is 13.0. The average Bonchev–Trinajstić information content (AvgIpc) is 2.47. The summed E-state index contributed by atoms with van der Waals surface area (Å²) in [5.41, 5.74) is 7.72. The van der Waals surface area contributed by atoms with Gasteiger partial charge in [-0.2, -0.15) is 0 Å². The number of hydrogen-bond donors (Lipinski definition) is 1. The zero-order valence-corrected chi connectivity index (χ0v) is 14.6. The van der Waals surface area contributed by atoms with Gasteiger partial charge in [0.25, 0.3) is 0 Å². The van der Waals surface area contributed by atoms with Crippen LogP contribution in [0.25, 0.3) is 0 Å². The highest BCUT2D eigenvalue weighted by Crippen LogP contribution is 2.39. The predicted octanol–water partition coefficient (Wildman–Crippen LogP) is 4.35. The number of rotatable bonds is 3. The van der Waals surface area contributed by atoms with Crippen LogP contribution in [0.5, 0.6) is 0 Å². The summed E-state index contributed by atoms with van der Waals surface area (Å²) >= 11 is 3.60. The highest BCUT2D eigenvalue weighted by molar-refractivity contribution is 9.10. The molecule has 0 spiro atoms. The fourth-order valence-electron chi connectivity index (χ4n) is 4.42. The van der Waals surface area contributed by atoms with Gasteiger partial charge in [-0.1, -0.05) is 47.3 Å². The molecule has 2 N–H and O–H groups in total. The van der Waals surface area contributed by atoms with Crippen molar-refractivity contribution >= 4 is 15.9 Å². The molecule has 2 aliphatic rings. The van der Waals surface area contributed by atoms with Crippen LogP contribution in [0.2, 0.25) is 0 Å². The molecule has 4 atom stereocenters. The van der Waals surface area contributed by atoms with E-state index >= 15 is 0 Å². The van der Waals surface area contributed by atoms with Gasteiger partial charge in [0.15, 0.2) is 0 Å². The Kier molecular flexibility index (Phi) is 5.03. The van der Waals surface area contributed by atoms with Crippen molar-refractivity contribution in [2.75, 3.05) is 13.1 Å². The van der Waals surface area contributed by atoms with Gasteiger partial charge in [-0.3, -0.25) is 4.90 Å². The minimum Gasteiger partial charge on any atom is -0.326 e. The van der Waals surface area contributed by atoms with Gasteiger partial charge >= 0.3 is 0 Å². The first kappa shape index (κ1) is 15.5. The van der Waals surface area contributed by atoms with Crippen LogP contribution in [0.1, 0.15) is 50.6 Å². The molecule has 1 saturated carbocycles. The fraction of sp³-hybridized carbons (Fsp3) is 0.667. The fourth-order valence-corrected chi connectivity index (χ4v) is 4.84. The van der Waals surface area contributed by atoms with Crippen LogP contribution in [0, 0.1) is 11.8 Å². The number of piperidine rings is 1. The first-order chi connectivity index (χ1) is 10.1. The Balaban J connectivity index is 1.78. The minimum atomic E-state index is 0.166. The largest absolute Gasteiger partial charge is 0.326 e. The number of nitrogens with two attached hydrogens (primary N) is 1. The molecular weight excluding hydrogens is 324 g/mol. The quantitative estimate of drug-likeness (QED) is 0.877. The zero-order chi connectivity index (χ0) is 14.8. The van der Waals surface area contributed by atoms with Crippen LogP contribution in [0.3, 0.4) is 0 Å². The van der Waals surface area contributed by atoms with Crippen molar-refractivity contribution in [1.82, 2.24) is 4.90 Å². The summed E-state index contributed by atoms with van der Waals surface area (Å²) in [6.45, 7) is 4.60. The molecule has 0 radical (unpaired) electrons.